The number of piperidine rings is 1. The molecule has 7 heteroatoms. The van der Waals surface area contributed by atoms with E-state index in [1.54, 1.807) is 0 Å². The van der Waals surface area contributed by atoms with Crippen molar-refractivity contribution in [1.29, 1.82) is 0 Å². The number of carbonyl (C=O) groups is 1. The van der Waals surface area contributed by atoms with E-state index in [9.17, 15) is 4.79 Å². The van der Waals surface area contributed by atoms with Gasteiger partial charge in [-0.25, -0.2) is 9.78 Å². The number of rotatable bonds is 2. The minimum Gasteiger partial charge on any atom is -0.487 e. The van der Waals surface area contributed by atoms with E-state index in [0.29, 0.717) is 5.13 Å². The predicted molar refractivity (Wildman–Crippen MR) is 116 cm³/mol. The number of carbonyl (C=O) groups excluding carboxylic acids is 1. The van der Waals surface area contributed by atoms with Crippen LogP contribution in [0.2, 0.25) is 0 Å². The minimum atomic E-state index is -0.228. The van der Waals surface area contributed by atoms with Crippen molar-refractivity contribution in [3.8, 4) is 5.75 Å². The van der Waals surface area contributed by atoms with Crippen molar-refractivity contribution in [1.82, 2.24) is 15.2 Å². The number of nitrogens with zero attached hydrogens (tertiary/aromatic N) is 2. The average Bonchev–Trinajstić information content (AvgIpc) is 3.12. The van der Waals surface area contributed by atoms with Crippen molar-refractivity contribution in [2.75, 3.05) is 25.5 Å². The molecule has 29 heavy (non-hydrogen) atoms. The number of thiazole rings is 1. The first kappa shape index (κ1) is 18.4. The summed E-state index contributed by atoms with van der Waals surface area (Å²) in [6.07, 6.45) is 2.72. The third-order valence-corrected chi connectivity index (χ3v) is 6.87. The Hall–Kier alpha value is -2.64. The van der Waals surface area contributed by atoms with E-state index in [2.05, 4.69) is 27.6 Å². The Morgan fingerprint density at radius 3 is 2.76 bits per heavy atom. The lowest BCUT2D eigenvalue weighted by Crippen LogP contribution is -2.51. The van der Waals surface area contributed by atoms with Gasteiger partial charge in [0, 0.05) is 25.1 Å². The minimum absolute atomic E-state index is 0.0854. The second-order valence-corrected chi connectivity index (χ2v) is 9.00. The standard InChI is InChI=1S/C22H24N4O2S/c1-26-12-10-22(11-13-26)14-17(15-6-2-4-8-18(15)28-22)23-20(27)25-21-24-16-7-3-5-9-19(16)29-21/h2-9,17H,10-14H2,1H3,(H2,23,24,25,27). The van der Waals surface area contributed by atoms with Gasteiger partial charge in [-0.1, -0.05) is 41.7 Å². The third kappa shape index (κ3) is 3.68. The first-order valence-electron chi connectivity index (χ1n) is 10.00. The van der Waals surface area contributed by atoms with Crippen molar-refractivity contribution in [2.45, 2.75) is 30.9 Å². The van der Waals surface area contributed by atoms with Crippen molar-refractivity contribution >= 4 is 32.7 Å². The Bertz CT molecular complexity index is 1010. The van der Waals surface area contributed by atoms with E-state index in [-0.39, 0.29) is 17.7 Å². The van der Waals surface area contributed by atoms with Gasteiger partial charge in [0.05, 0.1) is 16.3 Å². The van der Waals surface area contributed by atoms with E-state index in [0.717, 1.165) is 53.9 Å². The monoisotopic (exact) mass is 408 g/mol. The second kappa shape index (κ2) is 7.31. The summed E-state index contributed by atoms with van der Waals surface area (Å²) in [5.41, 5.74) is 1.72. The molecule has 0 radical (unpaired) electrons. The van der Waals surface area contributed by atoms with Gasteiger partial charge in [-0.3, -0.25) is 5.32 Å². The van der Waals surface area contributed by atoms with E-state index in [4.69, 9.17) is 4.74 Å². The van der Waals surface area contributed by atoms with Crippen LogP contribution in [0.1, 0.15) is 30.9 Å². The molecular weight excluding hydrogens is 384 g/mol. The Morgan fingerprint density at radius 2 is 1.93 bits per heavy atom. The summed E-state index contributed by atoms with van der Waals surface area (Å²) in [5.74, 6) is 0.883. The molecule has 0 saturated carbocycles. The number of likely N-dealkylation sites (tertiary alicyclic amines) is 1. The molecule has 0 aliphatic carbocycles. The topological polar surface area (TPSA) is 66.5 Å². The molecule has 1 unspecified atom stereocenters. The van der Waals surface area contributed by atoms with E-state index < -0.39 is 0 Å². The van der Waals surface area contributed by atoms with Crippen molar-refractivity contribution in [2.24, 2.45) is 0 Å². The Morgan fingerprint density at radius 1 is 1.17 bits per heavy atom. The summed E-state index contributed by atoms with van der Waals surface area (Å²) < 4.78 is 7.53. The molecule has 1 aromatic heterocycles. The average molecular weight is 409 g/mol. The van der Waals surface area contributed by atoms with Gasteiger partial charge in [0.2, 0.25) is 0 Å². The van der Waals surface area contributed by atoms with Crippen LogP contribution >= 0.6 is 11.3 Å². The highest BCUT2D eigenvalue weighted by atomic mass is 32.1. The number of hydrogen-bond donors (Lipinski definition) is 2. The summed E-state index contributed by atoms with van der Waals surface area (Å²) in [6.45, 7) is 2.01. The Labute approximate surface area is 173 Å². The summed E-state index contributed by atoms with van der Waals surface area (Å²) in [5, 5.41) is 6.70. The molecule has 1 spiro atoms. The van der Waals surface area contributed by atoms with Gasteiger partial charge in [-0.15, -0.1) is 0 Å². The molecule has 2 aliphatic rings. The normalized spacial score (nSPS) is 20.8. The Balaban J connectivity index is 1.35. The lowest BCUT2D eigenvalue weighted by Gasteiger charge is -2.46. The number of urea groups is 1. The SMILES string of the molecule is CN1CCC2(CC1)CC(NC(=O)Nc1nc3ccccc3s1)c1ccccc1O2. The second-order valence-electron chi connectivity index (χ2n) is 7.97. The first-order valence-corrected chi connectivity index (χ1v) is 10.8. The molecule has 3 heterocycles. The summed E-state index contributed by atoms with van der Waals surface area (Å²) in [4.78, 5) is 19.6. The van der Waals surface area contributed by atoms with Crippen LogP contribution in [0.25, 0.3) is 10.2 Å². The maximum atomic E-state index is 12.8. The highest BCUT2D eigenvalue weighted by molar-refractivity contribution is 7.22. The van der Waals surface area contributed by atoms with Crippen LogP contribution in [0.15, 0.2) is 48.5 Å². The maximum Gasteiger partial charge on any atom is 0.321 e. The van der Waals surface area contributed by atoms with Crippen LogP contribution in [0.5, 0.6) is 5.75 Å². The quantitative estimate of drug-likeness (QED) is 0.659. The first-order chi connectivity index (χ1) is 14.1. The van der Waals surface area contributed by atoms with Crippen molar-refractivity contribution < 1.29 is 9.53 Å². The van der Waals surface area contributed by atoms with Crippen LogP contribution in [0, 0.1) is 0 Å². The molecule has 2 aromatic carbocycles. The number of benzene rings is 2. The van der Waals surface area contributed by atoms with Gasteiger partial charge in [-0.05, 0) is 38.1 Å². The fourth-order valence-corrected chi connectivity index (χ4v) is 5.16. The molecule has 2 amide bonds. The fraction of sp³-hybridized carbons (Fsp3) is 0.364. The summed E-state index contributed by atoms with van der Waals surface area (Å²) in [6, 6.07) is 15.6. The summed E-state index contributed by atoms with van der Waals surface area (Å²) in [7, 11) is 2.14. The molecule has 3 aromatic rings. The number of anilines is 1. The molecule has 1 saturated heterocycles. The number of aromatic nitrogens is 1. The molecule has 1 atom stereocenters. The highest BCUT2D eigenvalue weighted by Crippen LogP contribution is 2.44. The lowest BCUT2D eigenvalue weighted by molar-refractivity contribution is -0.0188. The van der Waals surface area contributed by atoms with Gasteiger partial charge in [0.1, 0.15) is 11.4 Å². The van der Waals surface area contributed by atoms with Crippen LogP contribution in [0.4, 0.5) is 9.93 Å². The number of ether oxygens (including phenoxy) is 1. The zero-order valence-electron chi connectivity index (χ0n) is 16.4. The van der Waals surface area contributed by atoms with E-state index in [1.165, 1.54) is 11.3 Å². The maximum absolute atomic E-state index is 12.8. The van der Waals surface area contributed by atoms with Gasteiger partial charge in [0.25, 0.3) is 0 Å². The van der Waals surface area contributed by atoms with E-state index >= 15 is 0 Å². The van der Waals surface area contributed by atoms with Crippen LogP contribution in [-0.4, -0.2) is 41.7 Å². The third-order valence-electron chi connectivity index (χ3n) is 5.91. The molecule has 150 valence electrons. The van der Waals surface area contributed by atoms with Gasteiger partial charge in [-0.2, -0.15) is 0 Å². The molecule has 0 bridgehead atoms. The van der Waals surface area contributed by atoms with E-state index in [1.807, 2.05) is 48.5 Å². The number of para-hydroxylation sites is 2. The van der Waals surface area contributed by atoms with Crippen LogP contribution in [0.3, 0.4) is 0 Å². The zero-order valence-corrected chi connectivity index (χ0v) is 17.2. The molecule has 6 nitrogen and oxygen atoms in total. The number of fused-ring (bicyclic) bond motifs is 2. The van der Waals surface area contributed by atoms with Gasteiger partial charge >= 0.3 is 6.03 Å². The number of amides is 2. The fourth-order valence-electron chi connectivity index (χ4n) is 4.30. The number of nitrogens with one attached hydrogen (secondary N) is 2. The highest BCUT2D eigenvalue weighted by Gasteiger charge is 2.43. The molecule has 2 aliphatic heterocycles. The van der Waals surface area contributed by atoms with Crippen LogP contribution in [-0.2, 0) is 0 Å². The predicted octanol–water partition coefficient (Wildman–Crippen LogP) is 4.41. The van der Waals surface area contributed by atoms with Crippen LogP contribution < -0.4 is 15.4 Å². The molecule has 1 fully saturated rings. The van der Waals surface area contributed by atoms with Gasteiger partial charge in [0.15, 0.2) is 5.13 Å². The van der Waals surface area contributed by atoms with Crippen molar-refractivity contribution in [3.05, 3.63) is 54.1 Å². The zero-order chi connectivity index (χ0) is 19.8. The molecule has 2 N–H and O–H groups in total. The Kier molecular flexibility index (Phi) is 4.64. The lowest BCUT2D eigenvalue weighted by atomic mass is 9.80. The molecular formula is C22H24N4O2S. The van der Waals surface area contributed by atoms with Gasteiger partial charge < -0.3 is 15.0 Å². The molecule has 5 rings (SSSR count). The largest absolute Gasteiger partial charge is 0.487 e. The van der Waals surface area contributed by atoms with Crippen molar-refractivity contribution in [3.63, 3.8) is 0 Å². The smallest absolute Gasteiger partial charge is 0.321 e. The number of hydrogen-bond acceptors (Lipinski definition) is 5. The summed E-state index contributed by atoms with van der Waals surface area (Å²) >= 11 is 1.48.